The topological polar surface area (TPSA) is 98.5 Å². The standard InChI is InChI=1S/C25H22N6O2/c1-15-13-30(3)23(27-15)18-10-8-17(9-11-18)14-31-24-21(28-25(31)33)12-26-22(29-24)20-7-5-4-6-19(20)16(2)32/h4-13H,14H2,1-3H3,(H,28,33). The number of aromatic amines is 1. The van der Waals surface area contributed by atoms with Crippen molar-refractivity contribution in [3.05, 3.63) is 88.2 Å². The number of hydrogen-bond acceptors (Lipinski definition) is 5. The van der Waals surface area contributed by atoms with Crippen molar-refractivity contribution in [2.45, 2.75) is 20.4 Å². The van der Waals surface area contributed by atoms with Gasteiger partial charge in [-0.25, -0.2) is 19.7 Å². The number of benzene rings is 2. The Hall–Kier alpha value is -4.33. The highest BCUT2D eigenvalue weighted by Crippen LogP contribution is 2.23. The number of carbonyl (C=O) groups excluding carboxylic acids is 1. The third kappa shape index (κ3) is 3.76. The summed E-state index contributed by atoms with van der Waals surface area (Å²) in [5.74, 6) is 1.23. The summed E-state index contributed by atoms with van der Waals surface area (Å²) in [6.45, 7) is 3.83. The van der Waals surface area contributed by atoms with E-state index in [-0.39, 0.29) is 11.5 Å². The molecule has 0 spiro atoms. The van der Waals surface area contributed by atoms with Crippen molar-refractivity contribution in [3.63, 3.8) is 0 Å². The Balaban J connectivity index is 1.52. The van der Waals surface area contributed by atoms with Gasteiger partial charge in [0.15, 0.2) is 17.3 Å². The largest absolute Gasteiger partial charge is 0.334 e. The smallest absolute Gasteiger partial charge is 0.328 e. The van der Waals surface area contributed by atoms with Gasteiger partial charge in [-0.2, -0.15) is 0 Å². The fourth-order valence-electron chi connectivity index (χ4n) is 4.03. The van der Waals surface area contributed by atoms with Gasteiger partial charge in [0.25, 0.3) is 0 Å². The number of fused-ring (bicyclic) bond motifs is 1. The van der Waals surface area contributed by atoms with Crippen LogP contribution in [0.5, 0.6) is 0 Å². The second-order valence-corrected chi connectivity index (χ2v) is 8.06. The summed E-state index contributed by atoms with van der Waals surface area (Å²) in [5.41, 5.74) is 4.88. The van der Waals surface area contributed by atoms with E-state index in [1.807, 2.05) is 61.1 Å². The molecule has 1 N–H and O–H groups in total. The van der Waals surface area contributed by atoms with E-state index in [0.717, 1.165) is 22.6 Å². The molecule has 8 nitrogen and oxygen atoms in total. The first kappa shape index (κ1) is 20.6. The number of hydrogen-bond donors (Lipinski definition) is 1. The van der Waals surface area contributed by atoms with Gasteiger partial charge in [-0.05, 0) is 19.4 Å². The number of nitrogens with zero attached hydrogens (tertiary/aromatic N) is 5. The molecular formula is C25H22N6O2. The van der Waals surface area contributed by atoms with Crippen molar-refractivity contribution >= 4 is 16.9 Å². The van der Waals surface area contributed by atoms with Gasteiger partial charge in [0.1, 0.15) is 11.3 Å². The fourth-order valence-corrected chi connectivity index (χ4v) is 4.03. The first-order valence-electron chi connectivity index (χ1n) is 10.6. The van der Waals surface area contributed by atoms with Crippen molar-refractivity contribution in [3.8, 4) is 22.8 Å². The zero-order valence-electron chi connectivity index (χ0n) is 18.5. The van der Waals surface area contributed by atoms with Gasteiger partial charge in [0, 0.05) is 29.9 Å². The van der Waals surface area contributed by atoms with E-state index in [9.17, 15) is 9.59 Å². The Morgan fingerprint density at radius 3 is 2.52 bits per heavy atom. The van der Waals surface area contributed by atoms with Crippen molar-refractivity contribution in [1.82, 2.24) is 29.1 Å². The van der Waals surface area contributed by atoms with E-state index < -0.39 is 0 Å². The van der Waals surface area contributed by atoms with Crippen LogP contribution < -0.4 is 5.69 Å². The highest BCUT2D eigenvalue weighted by atomic mass is 16.1. The summed E-state index contributed by atoms with van der Waals surface area (Å²) < 4.78 is 3.57. The quantitative estimate of drug-likeness (QED) is 0.422. The van der Waals surface area contributed by atoms with Crippen LogP contribution in [0.4, 0.5) is 0 Å². The molecule has 0 radical (unpaired) electrons. The highest BCUT2D eigenvalue weighted by Gasteiger charge is 2.15. The Bertz CT molecular complexity index is 1560. The van der Waals surface area contributed by atoms with Crippen LogP contribution in [-0.4, -0.2) is 34.9 Å². The highest BCUT2D eigenvalue weighted by molar-refractivity contribution is 6.00. The normalized spacial score (nSPS) is 11.2. The number of Topliss-reactive ketones (excluding diaryl/α,β-unsaturated/α-hetero) is 1. The zero-order chi connectivity index (χ0) is 23.1. The molecule has 0 atom stereocenters. The molecule has 0 aliphatic rings. The lowest BCUT2D eigenvalue weighted by molar-refractivity contribution is 0.101. The van der Waals surface area contributed by atoms with Crippen LogP contribution >= 0.6 is 0 Å². The molecule has 8 heteroatoms. The molecule has 3 heterocycles. The molecule has 2 aromatic carbocycles. The molecule has 0 unspecified atom stereocenters. The molecule has 0 saturated heterocycles. The number of carbonyl (C=O) groups is 1. The second kappa shape index (κ2) is 7.98. The average molecular weight is 438 g/mol. The summed E-state index contributed by atoms with van der Waals surface area (Å²) >= 11 is 0. The lowest BCUT2D eigenvalue weighted by Gasteiger charge is -2.08. The minimum Gasteiger partial charge on any atom is -0.334 e. The Kier molecular flexibility index (Phi) is 4.97. The summed E-state index contributed by atoms with van der Waals surface area (Å²) in [6, 6.07) is 15.2. The van der Waals surface area contributed by atoms with Gasteiger partial charge >= 0.3 is 5.69 Å². The second-order valence-electron chi connectivity index (χ2n) is 8.06. The van der Waals surface area contributed by atoms with Gasteiger partial charge in [-0.3, -0.25) is 9.36 Å². The number of rotatable bonds is 5. The summed E-state index contributed by atoms with van der Waals surface area (Å²) in [7, 11) is 1.97. The molecule has 0 amide bonds. The zero-order valence-corrected chi connectivity index (χ0v) is 18.5. The van der Waals surface area contributed by atoms with Crippen LogP contribution in [0.15, 0.2) is 65.7 Å². The minimum atomic E-state index is -0.264. The third-order valence-corrected chi connectivity index (χ3v) is 5.61. The number of aryl methyl sites for hydroxylation is 2. The number of imidazole rings is 2. The molecular weight excluding hydrogens is 416 g/mol. The number of H-pyrrole nitrogens is 1. The molecule has 0 fully saturated rings. The van der Waals surface area contributed by atoms with Crippen molar-refractivity contribution < 1.29 is 4.79 Å². The SMILES string of the molecule is CC(=O)c1ccccc1-c1ncc2[nH]c(=O)n(Cc3ccc(-c4nc(C)cn4C)cc3)c2n1. The van der Waals surface area contributed by atoms with Gasteiger partial charge < -0.3 is 9.55 Å². The molecule has 164 valence electrons. The maximum absolute atomic E-state index is 12.7. The summed E-state index contributed by atoms with van der Waals surface area (Å²) in [6.07, 6.45) is 3.56. The summed E-state index contributed by atoms with van der Waals surface area (Å²) in [4.78, 5) is 41.1. The number of aromatic nitrogens is 6. The van der Waals surface area contributed by atoms with Crippen LogP contribution in [-0.2, 0) is 13.6 Å². The molecule has 0 aliphatic carbocycles. The van der Waals surface area contributed by atoms with Crippen LogP contribution in [0.3, 0.4) is 0 Å². The molecule has 0 bridgehead atoms. The fraction of sp³-hybridized carbons (Fsp3) is 0.160. The van der Waals surface area contributed by atoms with Crippen molar-refractivity contribution in [2.24, 2.45) is 7.05 Å². The molecule has 33 heavy (non-hydrogen) atoms. The predicted octanol–water partition coefficient (Wildman–Crippen LogP) is 3.75. The number of nitrogens with one attached hydrogen (secondary N) is 1. The lowest BCUT2D eigenvalue weighted by atomic mass is 10.0. The van der Waals surface area contributed by atoms with Crippen LogP contribution in [0.2, 0.25) is 0 Å². The van der Waals surface area contributed by atoms with E-state index in [1.54, 1.807) is 22.9 Å². The van der Waals surface area contributed by atoms with Gasteiger partial charge in [0.2, 0.25) is 0 Å². The maximum Gasteiger partial charge on any atom is 0.328 e. The van der Waals surface area contributed by atoms with Crippen LogP contribution in [0.25, 0.3) is 33.9 Å². The van der Waals surface area contributed by atoms with Crippen LogP contribution in [0.1, 0.15) is 28.5 Å². The van der Waals surface area contributed by atoms with Gasteiger partial charge in [-0.1, -0.05) is 48.5 Å². The lowest BCUT2D eigenvalue weighted by Crippen LogP contribution is -2.17. The molecule has 3 aromatic heterocycles. The van der Waals surface area contributed by atoms with Crippen molar-refractivity contribution in [1.29, 1.82) is 0 Å². The Morgan fingerprint density at radius 2 is 1.82 bits per heavy atom. The van der Waals surface area contributed by atoms with Crippen molar-refractivity contribution in [2.75, 3.05) is 0 Å². The van der Waals surface area contributed by atoms with E-state index in [1.165, 1.54) is 6.92 Å². The van der Waals surface area contributed by atoms with E-state index in [2.05, 4.69) is 19.9 Å². The monoisotopic (exact) mass is 438 g/mol. The Labute approximate surface area is 189 Å². The number of ketones is 1. The maximum atomic E-state index is 12.7. The predicted molar refractivity (Wildman–Crippen MR) is 126 cm³/mol. The van der Waals surface area contributed by atoms with Crippen LogP contribution in [0, 0.1) is 6.92 Å². The van der Waals surface area contributed by atoms with Gasteiger partial charge in [0.05, 0.1) is 18.4 Å². The molecule has 0 saturated carbocycles. The molecule has 5 aromatic rings. The van der Waals surface area contributed by atoms with E-state index >= 15 is 0 Å². The first-order chi connectivity index (χ1) is 15.9. The van der Waals surface area contributed by atoms with E-state index in [0.29, 0.717) is 34.7 Å². The molecule has 0 aliphatic heterocycles. The van der Waals surface area contributed by atoms with Gasteiger partial charge in [-0.15, -0.1) is 0 Å². The molecule has 5 rings (SSSR count). The minimum absolute atomic E-state index is 0.0660. The van der Waals surface area contributed by atoms with E-state index in [4.69, 9.17) is 0 Å². The Morgan fingerprint density at radius 1 is 1.06 bits per heavy atom. The average Bonchev–Trinajstić information content (AvgIpc) is 3.31. The first-order valence-corrected chi connectivity index (χ1v) is 10.6. The summed E-state index contributed by atoms with van der Waals surface area (Å²) in [5, 5.41) is 0. The third-order valence-electron chi connectivity index (χ3n) is 5.61.